The lowest BCUT2D eigenvalue weighted by Gasteiger charge is -2.18. The Morgan fingerprint density at radius 3 is 1.04 bits per heavy atom. The second-order valence-electron chi connectivity index (χ2n) is 16.2. The van der Waals surface area contributed by atoms with E-state index in [1.54, 1.807) is 0 Å². The van der Waals surface area contributed by atoms with Gasteiger partial charge in [-0.05, 0) is 37.0 Å². The number of esters is 3. The lowest BCUT2D eigenvalue weighted by molar-refractivity contribution is -0.167. The highest BCUT2D eigenvalue weighted by atomic mass is 16.6. The van der Waals surface area contributed by atoms with Gasteiger partial charge in [0, 0.05) is 19.3 Å². The largest absolute Gasteiger partial charge is 0.462 e. The van der Waals surface area contributed by atoms with Crippen LogP contribution in [0.1, 0.15) is 228 Å². The van der Waals surface area contributed by atoms with Gasteiger partial charge in [-0.1, -0.05) is 189 Å². The minimum Gasteiger partial charge on any atom is -0.462 e. The molecule has 0 radical (unpaired) electrons. The fraction of sp³-hybridized carbons (Fsp3) is 0.932. The zero-order valence-corrected chi connectivity index (χ0v) is 34.2. The maximum Gasteiger partial charge on any atom is 0.306 e. The Hall–Kier alpha value is -1.59. The van der Waals surface area contributed by atoms with Gasteiger partial charge in [0.15, 0.2) is 6.10 Å². The molecule has 6 heteroatoms. The minimum atomic E-state index is -0.762. The molecule has 296 valence electrons. The Bertz CT molecular complexity index is 778. The van der Waals surface area contributed by atoms with Crippen molar-refractivity contribution >= 4 is 17.9 Å². The number of hydrogen-bond acceptors (Lipinski definition) is 6. The van der Waals surface area contributed by atoms with Crippen LogP contribution in [0.25, 0.3) is 0 Å². The molecule has 0 aliphatic rings. The number of carbonyl (C=O) groups is 3. The SMILES string of the molecule is CCC(C)CCCCCCCCCCC(=O)OC[C@@H](COC(=O)CCCCCCCCCCC(C)C)OC(=O)CCCCCCCCC(C)C. The monoisotopic (exact) mass is 709 g/mol. The predicted molar refractivity (Wildman–Crippen MR) is 210 cm³/mol. The fourth-order valence-corrected chi connectivity index (χ4v) is 6.32. The number of ether oxygens (including phenoxy) is 3. The summed E-state index contributed by atoms with van der Waals surface area (Å²) in [7, 11) is 0. The molecule has 0 rings (SSSR count). The first-order valence-electron chi connectivity index (χ1n) is 21.6. The summed E-state index contributed by atoms with van der Waals surface area (Å²) in [6, 6.07) is 0. The van der Waals surface area contributed by atoms with E-state index in [0.29, 0.717) is 19.3 Å². The topological polar surface area (TPSA) is 78.9 Å². The van der Waals surface area contributed by atoms with E-state index >= 15 is 0 Å². The number of rotatable bonds is 37. The molecule has 6 nitrogen and oxygen atoms in total. The van der Waals surface area contributed by atoms with Crippen LogP contribution in [-0.4, -0.2) is 37.2 Å². The van der Waals surface area contributed by atoms with E-state index in [2.05, 4.69) is 41.5 Å². The molecule has 0 aromatic rings. The van der Waals surface area contributed by atoms with Crippen LogP contribution in [0.4, 0.5) is 0 Å². The van der Waals surface area contributed by atoms with E-state index in [4.69, 9.17) is 14.2 Å². The molecule has 50 heavy (non-hydrogen) atoms. The summed E-state index contributed by atoms with van der Waals surface area (Å²) in [6.07, 6.45) is 31.0. The third-order valence-corrected chi connectivity index (χ3v) is 10.0. The molecular weight excluding hydrogens is 624 g/mol. The van der Waals surface area contributed by atoms with Crippen LogP contribution in [-0.2, 0) is 28.6 Å². The molecule has 0 fully saturated rings. The number of hydrogen-bond donors (Lipinski definition) is 0. The molecule has 2 atom stereocenters. The highest BCUT2D eigenvalue weighted by molar-refractivity contribution is 5.71. The molecule has 0 bridgehead atoms. The van der Waals surface area contributed by atoms with Crippen LogP contribution < -0.4 is 0 Å². The number of unbranched alkanes of at least 4 members (excludes halogenated alkanes) is 19. The van der Waals surface area contributed by atoms with Gasteiger partial charge in [0.2, 0.25) is 0 Å². The van der Waals surface area contributed by atoms with Crippen LogP contribution in [0, 0.1) is 17.8 Å². The Morgan fingerprint density at radius 2 is 0.700 bits per heavy atom. The average Bonchev–Trinajstić information content (AvgIpc) is 3.08. The lowest BCUT2D eigenvalue weighted by atomic mass is 9.99. The summed E-state index contributed by atoms with van der Waals surface area (Å²) in [5, 5.41) is 0. The molecule has 0 amide bonds. The van der Waals surface area contributed by atoms with Gasteiger partial charge < -0.3 is 14.2 Å². The summed E-state index contributed by atoms with van der Waals surface area (Å²) in [5.41, 5.74) is 0. The van der Waals surface area contributed by atoms with Crippen molar-refractivity contribution in [1.82, 2.24) is 0 Å². The van der Waals surface area contributed by atoms with Gasteiger partial charge in [-0.15, -0.1) is 0 Å². The molecular formula is C44H84O6. The first kappa shape index (κ1) is 48.4. The molecule has 0 N–H and O–H groups in total. The van der Waals surface area contributed by atoms with Gasteiger partial charge in [0.1, 0.15) is 13.2 Å². The van der Waals surface area contributed by atoms with Gasteiger partial charge >= 0.3 is 17.9 Å². The van der Waals surface area contributed by atoms with Crippen molar-refractivity contribution in [2.75, 3.05) is 13.2 Å². The zero-order valence-electron chi connectivity index (χ0n) is 34.2. The second kappa shape index (κ2) is 35.8. The second-order valence-corrected chi connectivity index (χ2v) is 16.2. The quantitative estimate of drug-likeness (QED) is 0.0363. The molecule has 0 aromatic heterocycles. The van der Waals surface area contributed by atoms with Crippen molar-refractivity contribution in [2.24, 2.45) is 17.8 Å². The average molecular weight is 709 g/mol. The summed E-state index contributed by atoms with van der Waals surface area (Å²) in [4.78, 5) is 37.6. The van der Waals surface area contributed by atoms with Crippen molar-refractivity contribution in [3.8, 4) is 0 Å². The Kier molecular flexibility index (Phi) is 34.7. The third-order valence-electron chi connectivity index (χ3n) is 10.0. The molecule has 0 saturated heterocycles. The smallest absolute Gasteiger partial charge is 0.306 e. The molecule has 1 unspecified atom stereocenters. The summed E-state index contributed by atoms with van der Waals surface area (Å²) >= 11 is 0. The van der Waals surface area contributed by atoms with Crippen LogP contribution in [0.5, 0.6) is 0 Å². The highest BCUT2D eigenvalue weighted by Crippen LogP contribution is 2.17. The first-order chi connectivity index (χ1) is 24.1. The Balaban J connectivity index is 4.35. The Morgan fingerprint density at radius 1 is 0.400 bits per heavy atom. The fourth-order valence-electron chi connectivity index (χ4n) is 6.32. The van der Waals surface area contributed by atoms with Crippen LogP contribution in [0.3, 0.4) is 0 Å². The predicted octanol–water partition coefficient (Wildman–Crippen LogP) is 13.3. The first-order valence-corrected chi connectivity index (χ1v) is 21.6. The van der Waals surface area contributed by atoms with E-state index < -0.39 is 6.10 Å². The van der Waals surface area contributed by atoms with Gasteiger partial charge in [0.25, 0.3) is 0 Å². The minimum absolute atomic E-state index is 0.0679. The summed E-state index contributed by atoms with van der Waals surface area (Å²) < 4.78 is 16.7. The van der Waals surface area contributed by atoms with E-state index in [1.807, 2.05) is 0 Å². The number of carbonyl (C=O) groups excluding carboxylic acids is 3. The van der Waals surface area contributed by atoms with Crippen molar-refractivity contribution < 1.29 is 28.6 Å². The van der Waals surface area contributed by atoms with Crippen molar-refractivity contribution in [2.45, 2.75) is 234 Å². The van der Waals surface area contributed by atoms with Crippen molar-refractivity contribution in [1.29, 1.82) is 0 Å². The molecule has 0 aromatic carbocycles. The molecule has 0 spiro atoms. The maximum absolute atomic E-state index is 12.6. The van der Waals surface area contributed by atoms with Gasteiger partial charge in [0.05, 0.1) is 0 Å². The highest BCUT2D eigenvalue weighted by Gasteiger charge is 2.19. The summed E-state index contributed by atoms with van der Waals surface area (Å²) in [5.74, 6) is 1.53. The standard InChI is InChI=1S/C44H84O6/c1-7-40(6)32-26-20-13-9-11-15-22-28-34-43(46)49-37-41(50-44(47)35-29-23-17-16-19-25-31-39(4)5)36-48-42(45)33-27-21-14-10-8-12-18-24-30-38(2)3/h38-41H,7-37H2,1-6H3/t40?,41-/m1/s1. The van der Waals surface area contributed by atoms with E-state index in [1.165, 1.54) is 109 Å². The molecule has 0 saturated carbocycles. The van der Waals surface area contributed by atoms with E-state index in [0.717, 1.165) is 75.5 Å². The van der Waals surface area contributed by atoms with E-state index in [9.17, 15) is 14.4 Å². The van der Waals surface area contributed by atoms with Gasteiger partial charge in [-0.2, -0.15) is 0 Å². The van der Waals surface area contributed by atoms with Crippen LogP contribution >= 0.6 is 0 Å². The molecule has 0 aliphatic carbocycles. The third kappa shape index (κ3) is 36.2. The normalized spacial score (nSPS) is 12.7. The maximum atomic E-state index is 12.6. The van der Waals surface area contributed by atoms with E-state index in [-0.39, 0.29) is 31.1 Å². The van der Waals surface area contributed by atoms with Crippen LogP contribution in [0.15, 0.2) is 0 Å². The van der Waals surface area contributed by atoms with Crippen molar-refractivity contribution in [3.05, 3.63) is 0 Å². The zero-order chi connectivity index (χ0) is 37.1. The molecule has 0 aliphatic heterocycles. The Labute approximate surface area is 310 Å². The van der Waals surface area contributed by atoms with Gasteiger partial charge in [-0.25, -0.2) is 0 Å². The molecule has 0 heterocycles. The summed E-state index contributed by atoms with van der Waals surface area (Å²) in [6.45, 7) is 13.6. The van der Waals surface area contributed by atoms with Crippen molar-refractivity contribution in [3.63, 3.8) is 0 Å². The van der Waals surface area contributed by atoms with Crippen LogP contribution in [0.2, 0.25) is 0 Å². The van der Waals surface area contributed by atoms with Gasteiger partial charge in [-0.3, -0.25) is 14.4 Å². The lowest BCUT2D eigenvalue weighted by Crippen LogP contribution is -2.30.